The summed E-state index contributed by atoms with van der Waals surface area (Å²) in [5.74, 6) is -0.697. The van der Waals surface area contributed by atoms with E-state index in [1.165, 1.54) is 12.0 Å². The summed E-state index contributed by atoms with van der Waals surface area (Å²) in [5, 5.41) is 0. The van der Waals surface area contributed by atoms with Gasteiger partial charge in [0.05, 0.1) is 7.11 Å². The van der Waals surface area contributed by atoms with Crippen molar-refractivity contribution >= 4 is 33.5 Å². The Bertz CT molecular complexity index is 463. The van der Waals surface area contributed by atoms with Crippen LogP contribution in [0.25, 0.3) is 0 Å². The maximum atomic E-state index is 12.1. The van der Waals surface area contributed by atoms with Crippen molar-refractivity contribution < 1.29 is 14.3 Å². The van der Waals surface area contributed by atoms with Gasteiger partial charge in [-0.1, -0.05) is 0 Å². The highest BCUT2D eigenvalue weighted by Gasteiger charge is 2.18. The maximum Gasteiger partial charge on any atom is 0.325 e. The predicted octanol–water partition coefficient (Wildman–Crippen LogP) is 1.67. The van der Waals surface area contributed by atoms with E-state index in [4.69, 9.17) is 5.73 Å². The molecule has 0 saturated carbocycles. The Morgan fingerprint density at radius 2 is 2.11 bits per heavy atom. The molecule has 0 bridgehead atoms. The fourth-order valence-corrected chi connectivity index (χ4v) is 1.65. The van der Waals surface area contributed by atoms with E-state index >= 15 is 0 Å². The minimum Gasteiger partial charge on any atom is -0.468 e. The molecule has 0 aliphatic rings. The first-order valence-electron chi connectivity index (χ1n) is 5.40. The van der Waals surface area contributed by atoms with E-state index in [0.29, 0.717) is 17.8 Å². The van der Waals surface area contributed by atoms with Crippen molar-refractivity contribution in [1.29, 1.82) is 0 Å². The van der Waals surface area contributed by atoms with Gasteiger partial charge >= 0.3 is 5.97 Å². The second-order valence-electron chi connectivity index (χ2n) is 3.63. The Morgan fingerprint density at radius 3 is 2.61 bits per heavy atom. The van der Waals surface area contributed by atoms with Crippen molar-refractivity contribution in [3.8, 4) is 0 Å². The third-order valence-corrected chi connectivity index (χ3v) is 3.18. The van der Waals surface area contributed by atoms with Crippen molar-refractivity contribution in [2.75, 3.05) is 25.9 Å². The largest absolute Gasteiger partial charge is 0.468 e. The normalized spacial score (nSPS) is 9.94. The molecule has 0 fully saturated rings. The zero-order valence-corrected chi connectivity index (χ0v) is 11.9. The second kappa shape index (κ2) is 6.39. The average molecular weight is 315 g/mol. The summed E-state index contributed by atoms with van der Waals surface area (Å²) in [6.07, 6.45) is 0. The van der Waals surface area contributed by atoms with Gasteiger partial charge in [-0.05, 0) is 41.1 Å². The number of esters is 1. The molecule has 2 N–H and O–H groups in total. The highest BCUT2D eigenvalue weighted by Crippen LogP contribution is 2.21. The number of likely N-dealkylation sites (N-methyl/N-ethyl adjacent to an activating group) is 1. The van der Waals surface area contributed by atoms with Crippen molar-refractivity contribution in [2.24, 2.45) is 0 Å². The van der Waals surface area contributed by atoms with Crippen molar-refractivity contribution in [1.82, 2.24) is 4.90 Å². The van der Waals surface area contributed by atoms with Crippen LogP contribution in [0.1, 0.15) is 17.3 Å². The van der Waals surface area contributed by atoms with Crippen molar-refractivity contribution in [3.63, 3.8) is 0 Å². The van der Waals surface area contributed by atoms with Crippen LogP contribution in [-0.4, -0.2) is 37.0 Å². The Hall–Kier alpha value is -1.56. The number of methoxy groups -OCH3 is 1. The Balaban J connectivity index is 2.89. The average Bonchev–Trinajstić information content (AvgIpc) is 2.38. The number of rotatable bonds is 4. The summed E-state index contributed by atoms with van der Waals surface area (Å²) in [6.45, 7) is 2.15. The molecule has 0 atom stereocenters. The first-order chi connectivity index (χ1) is 8.49. The molecule has 5 nitrogen and oxygen atoms in total. The van der Waals surface area contributed by atoms with Crippen LogP contribution in [0.2, 0.25) is 0 Å². The molecule has 18 heavy (non-hydrogen) atoms. The van der Waals surface area contributed by atoms with Gasteiger partial charge in [0.1, 0.15) is 6.54 Å². The molecule has 1 aromatic carbocycles. The number of amides is 1. The van der Waals surface area contributed by atoms with Gasteiger partial charge < -0.3 is 15.4 Å². The van der Waals surface area contributed by atoms with E-state index in [-0.39, 0.29) is 12.5 Å². The van der Waals surface area contributed by atoms with Gasteiger partial charge in [0.15, 0.2) is 0 Å². The summed E-state index contributed by atoms with van der Waals surface area (Å²) >= 11 is 3.26. The number of benzene rings is 1. The zero-order valence-electron chi connectivity index (χ0n) is 10.3. The van der Waals surface area contributed by atoms with Crippen LogP contribution in [0, 0.1) is 0 Å². The summed E-state index contributed by atoms with van der Waals surface area (Å²) in [6, 6.07) is 4.93. The Kier molecular flexibility index (Phi) is 5.15. The molecule has 0 unspecified atom stereocenters. The highest BCUT2D eigenvalue weighted by atomic mass is 79.9. The van der Waals surface area contributed by atoms with E-state index in [9.17, 15) is 9.59 Å². The maximum absolute atomic E-state index is 12.1. The van der Waals surface area contributed by atoms with Crippen LogP contribution in [0.3, 0.4) is 0 Å². The first kappa shape index (κ1) is 14.5. The summed E-state index contributed by atoms with van der Waals surface area (Å²) in [7, 11) is 1.29. The number of anilines is 1. The van der Waals surface area contributed by atoms with Crippen LogP contribution < -0.4 is 5.73 Å². The summed E-state index contributed by atoms with van der Waals surface area (Å²) in [4.78, 5) is 24.7. The predicted molar refractivity (Wildman–Crippen MR) is 72.1 cm³/mol. The highest BCUT2D eigenvalue weighted by molar-refractivity contribution is 9.10. The molecule has 98 valence electrons. The molecule has 0 heterocycles. The molecule has 0 aliphatic heterocycles. The fourth-order valence-electron chi connectivity index (χ4n) is 1.41. The van der Waals surface area contributed by atoms with E-state index in [1.807, 2.05) is 0 Å². The van der Waals surface area contributed by atoms with Crippen LogP contribution in [0.15, 0.2) is 22.7 Å². The monoisotopic (exact) mass is 314 g/mol. The number of nitrogens with two attached hydrogens (primary N) is 1. The van der Waals surface area contributed by atoms with Crippen LogP contribution in [0.5, 0.6) is 0 Å². The molecular weight excluding hydrogens is 300 g/mol. The van der Waals surface area contributed by atoms with E-state index in [1.54, 1.807) is 25.1 Å². The number of hydrogen-bond donors (Lipinski definition) is 1. The number of carbonyl (C=O) groups is 2. The molecule has 0 spiro atoms. The lowest BCUT2D eigenvalue weighted by Crippen LogP contribution is -2.36. The van der Waals surface area contributed by atoms with Crippen LogP contribution >= 0.6 is 15.9 Å². The topological polar surface area (TPSA) is 72.6 Å². The number of ether oxygens (including phenoxy) is 1. The second-order valence-corrected chi connectivity index (χ2v) is 4.49. The molecule has 6 heteroatoms. The van der Waals surface area contributed by atoms with Crippen molar-refractivity contribution in [3.05, 3.63) is 28.2 Å². The zero-order chi connectivity index (χ0) is 13.7. The summed E-state index contributed by atoms with van der Waals surface area (Å²) < 4.78 is 5.28. The first-order valence-corrected chi connectivity index (χ1v) is 6.20. The third-order valence-electron chi connectivity index (χ3n) is 2.46. The molecule has 0 saturated heterocycles. The van der Waals surface area contributed by atoms with Crippen LogP contribution in [-0.2, 0) is 9.53 Å². The van der Waals surface area contributed by atoms with E-state index < -0.39 is 5.97 Å². The van der Waals surface area contributed by atoms with Gasteiger partial charge in [0, 0.05) is 22.3 Å². The quantitative estimate of drug-likeness (QED) is 0.677. The molecule has 0 aliphatic carbocycles. The smallest absolute Gasteiger partial charge is 0.325 e. The molecular formula is C12H15BrN2O3. The summed E-state index contributed by atoms with van der Waals surface area (Å²) in [5.41, 5.74) is 6.65. The Labute approximate surface area is 114 Å². The lowest BCUT2D eigenvalue weighted by atomic mass is 10.2. The number of hydrogen-bond acceptors (Lipinski definition) is 4. The SMILES string of the molecule is CCN(CC(=O)OC)C(=O)c1ccc(Br)c(N)c1. The number of nitrogens with zero attached hydrogens (tertiary/aromatic N) is 1. The third kappa shape index (κ3) is 3.46. The van der Waals surface area contributed by atoms with E-state index in [0.717, 1.165) is 4.47 Å². The van der Waals surface area contributed by atoms with Crippen molar-refractivity contribution in [2.45, 2.75) is 6.92 Å². The van der Waals surface area contributed by atoms with Gasteiger partial charge in [-0.15, -0.1) is 0 Å². The van der Waals surface area contributed by atoms with Gasteiger partial charge in [0.25, 0.3) is 5.91 Å². The lowest BCUT2D eigenvalue weighted by molar-refractivity contribution is -0.141. The Morgan fingerprint density at radius 1 is 1.44 bits per heavy atom. The number of carbonyl (C=O) groups excluding carboxylic acids is 2. The minimum absolute atomic E-state index is 0.0677. The standard InChI is InChI=1S/C12H15BrN2O3/c1-3-15(7-11(16)18-2)12(17)8-4-5-9(13)10(14)6-8/h4-6H,3,7,14H2,1-2H3. The molecule has 0 aromatic heterocycles. The van der Waals surface area contributed by atoms with Gasteiger partial charge in [0.2, 0.25) is 0 Å². The van der Waals surface area contributed by atoms with E-state index in [2.05, 4.69) is 20.7 Å². The van der Waals surface area contributed by atoms with Gasteiger partial charge in [-0.3, -0.25) is 9.59 Å². The van der Waals surface area contributed by atoms with Gasteiger partial charge in [-0.25, -0.2) is 0 Å². The lowest BCUT2D eigenvalue weighted by Gasteiger charge is -2.19. The molecule has 0 radical (unpaired) electrons. The number of nitrogen functional groups attached to an aromatic ring is 1. The van der Waals surface area contributed by atoms with Crippen LogP contribution in [0.4, 0.5) is 5.69 Å². The molecule has 1 aromatic rings. The fraction of sp³-hybridized carbons (Fsp3) is 0.333. The molecule has 1 amide bonds. The number of halogens is 1. The van der Waals surface area contributed by atoms with Gasteiger partial charge in [-0.2, -0.15) is 0 Å². The minimum atomic E-state index is -0.449. The molecule has 1 rings (SSSR count).